The van der Waals surface area contributed by atoms with E-state index in [-0.39, 0.29) is 17.4 Å². The van der Waals surface area contributed by atoms with Gasteiger partial charge in [-0.25, -0.2) is 14.1 Å². The lowest BCUT2D eigenvalue weighted by molar-refractivity contribution is 0.0935. The molecule has 0 fully saturated rings. The zero-order valence-corrected chi connectivity index (χ0v) is 13.5. The minimum Gasteiger partial charge on any atom is -0.393 e. The van der Waals surface area contributed by atoms with Crippen LogP contribution in [0.3, 0.4) is 0 Å². The zero-order valence-electron chi connectivity index (χ0n) is 13.5. The highest BCUT2D eigenvalue weighted by molar-refractivity contribution is 5.90. The fraction of sp³-hybridized carbons (Fsp3) is 0.438. The van der Waals surface area contributed by atoms with Crippen molar-refractivity contribution in [2.24, 2.45) is 0 Å². The molecule has 0 saturated carbocycles. The van der Waals surface area contributed by atoms with Crippen LogP contribution in [0.1, 0.15) is 49.6 Å². The van der Waals surface area contributed by atoms with E-state index in [0.29, 0.717) is 18.8 Å². The summed E-state index contributed by atoms with van der Waals surface area (Å²) in [5.74, 6) is -0.401. The van der Waals surface area contributed by atoms with Gasteiger partial charge in [0.15, 0.2) is 0 Å². The molecule has 2 rings (SSSR count). The SMILES string of the molecule is CC(O)CCNC(=O)c1nc(C(C)C)n(-c2ccccc2F)n1. The minimum absolute atomic E-state index is 0.0115. The summed E-state index contributed by atoms with van der Waals surface area (Å²) in [6.45, 7) is 5.77. The number of halogens is 1. The van der Waals surface area contributed by atoms with Gasteiger partial charge >= 0.3 is 0 Å². The van der Waals surface area contributed by atoms with Crippen LogP contribution < -0.4 is 5.32 Å². The van der Waals surface area contributed by atoms with Crippen molar-refractivity contribution < 1.29 is 14.3 Å². The van der Waals surface area contributed by atoms with Gasteiger partial charge < -0.3 is 10.4 Å². The lowest BCUT2D eigenvalue weighted by Gasteiger charge is -2.08. The molecule has 1 atom stereocenters. The number of carbonyl (C=O) groups is 1. The van der Waals surface area contributed by atoms with Crippen molar-refractivity contribution in [3.05, 3.63) is 41.7 Å². The molecule has 0 radical (unpaired) electrons. The molecule has 124 valence electrons. The maximum absolute atomic E-state index is 14.0. The number of amides is 1. The zero-order chi connectivity index (χ0) is 17.0. The maximum Gasteiger partial charge on any atom is 0.290 e. The van der Waals surface area contributed by atoms with E-state index in [0.717, 1.165) is 0 Å². The molecule has 0 bridgehead atoms. The van der Waals surface area contributed by atoms with Crippen LogP contribution in [0, 0.1) is 5.82 Å². The van der Waals surface area contributed by atoms with Crippen LogP contribution in [-0.4, -0.2) is 38.4 Å². The molecular weight excluding hydrogens is 299 g/mol. The van der Waals surface area contributed by atoms with E-state index in [1.807, 2.05) is 13.8 Å². The minimum atomic E-state index is -0.495. The summed E-state index contributed by atoms with van der Waals surface area (Å²) in [7, 11) is 0. The molecule has 2 N–H and O–H groups in total. The molecule has 23 heavy (non-hydrogen) atoms. The van der Waals surface area contributed by atoms with Crippen LogP contribution in [0.4, 0.5) is 4.39 Å². The third kappa shape index (κ3) is 4.13. The molecule has 1 aromatic heterocycles. The van der Waals surface area contributed by atoms with Gasteiger partial charge in [-0.15, -0.1) is 5.10 Å². The number of aliphatic hydroxyl groups is 1. The molecule has 0 aliphatic carbocycles. The van der Waals surface area contributed by atoms with Crippen molar-refractivity contribution in [2.45, 2.75) is 39.2 Å². The van der Waals surface area contributed by atoms with Crippen molar-refractivity contribution in [3.8, 4) is 5.69 Å². The van der Waals surface area contributed by atoms with Crippen LogP contribution >= 0.6 is 0 Å². The number of nitrogens with one attached hydrogen (secondary N) is 1. The van der Waals surface area contributed by atoms with Gasteiger partial charge in [-0.1, -0.05) is 26.0 Å². The number of aromatic nitrogens is 3. The van der Waals surface area contributed by atoms with Gasteiger partial charge in [0.05, 0.1) is 6.10 Å². The molecule has 1 amide bonds. The summed E-state index contributed by atoms with van der Waals surface area (Å²) in [6, 6.07) is 6.22. The highest BCUT2D eigenvalue weighted by atomic mass is 19.1. The molecular formula is C16H21FN4O2. The van der Waals surface area contributed by atoms with Gasteiger partial charge in [0.25, 0.3) is 5.91 Å². The van der Waals surface area contributed by atoms with Gasteiger partial charge in [0, 0.05) is 12.5 Å². The number of para-hydroxylation sites is 1. The van der Waals surface area contributed by atoms with Gasteiger partial charge in [-0.3, -0.25) is 4.79 Å². The smallest absolute Gasteiger partial charge is 0.290 e. The second-order valence-corrected chi connectivity index (χ2v) is 5.71. The Hall–Kier alpha value is -2.28. The van der Waals surface area contributed by atoms with E-state index in [1.54, 1.807) is 25.1 Å². The summed E-state index contributed by atoms with van der Waals surface area (Å²) in [5.41, 5.74) is 0.256. The Bertz CT molecular complexity index is 682. The van der Waals surface area contributed by atoms with E-state index in [2.05, 4.69) is 15.4 Å². The van der Waals surface area contributed by atoms with Crippen molar-refractivity contribution in [3.63, 3.8) is 0 Å². The molecule has 6 nitrogen and oxygen atoms in total. The third-order valence-corrected chi connectivity index (χ3v) is 3.28. The largest absolute Gasteiger partial charge is 0.393 e. The van der Waals surface area contributed by atoms with E-state index < -0.39 is 17.8 Å². The number of rotatable bonds is 6. The standard InChI is InChI=1S/C16H21FN4O2/c1-10(2)15-19-14(16(23)18-9-8-11(3)22)20-21(15)13-7-5-4-6-12(13)17/h4-7,10-11,22H,8-9H2,1-3H3,(H,18,23). The highest BCUT2D eigenvalue weighted by Gasteiger charge is 2.20. The van der Waals surface area contributed by atoms with Gasteiger partial charge in [-0.05, 0) is 25.5 Å². The number of carbonyl (C=O) groups excluding carboxylic acids is 1. The molecule has 1 unspecified atom stereocenters. The molecule has 0 aliphatic rings. The summed E-state index contributed by atoms with van der Waals surface area (Å²) in [6.07, 6.45) is -0.0537. The van der Waals surface area contributed by atoms with E-state index in [9.17, 15) is 14.3 Å². The van der Waals surface area contributed by atoms with Crippen LogP contribution in [-0.2, 0) is 0 Å². The molecule has 2 aromatic rings. The quantitative estimate of drug-likeness (QED) is 0.853. The van der Waals surface area contributed by atoms with Crippen LogP contribution in [0.25, 0.3) is 5.69 Å². The number of nitrogens with zero attached hydrogens (tertiary/aromatic N) is 3. The Morgan fingerprint density at radius 2 is 2.04 bits per heavy atom. The number of aliphatic hydroxyl groups excluding tert-OH is 1. The monoisotopic (exact) mass is 320 g/mol. The molecule has 0 saturated heterocycles. The summed E-state index contributed by atoms with van der Waals surface area (Å²) in [5, 5.41) is 16.0. The fourth-order valence-corrected chi connectivity index (χ4v) is 2.07. The first kappa shape index (κ1) is 17.1. The Balaban J connectivity index is 2.29. The Kier molecular flexibility index (Phi) is 5.44. The predicted octanol–water partition coefficient (Wildman–Crippen LogP) is 2.03. The van der Waals surface area contributed by atoms with E-state index >= 15 is 0 Å². The average Bonchev–Trinajstić information content (AvgIpc) is 2.92. The second-order valence-electron chi connectivity index (χ2n) is 5.71. The number of hydrogen-bond donors (Lipinski definition) is 2. The Morgan fingerprint density at radius 3 is 2.65 bits per heavy atom. The lowest BCUT2D eigenvalue weighted by Crippen LogP contribution is -2.27. The van der Waals surface area contributed by atoms with Crippen molar-refractivity contribution in [1.82, 2.24) is 20.1 Å². The first-order valence-corrected chi connectivity index (χ1v) is 7.58. The number of benzene rings is 1. The molecule has 7 heteroatoms. The van der Waals surface area contributed by atoms with Gasteiger partial charge in [0.1, 0.15) is 17.3 Å². The van der Waals surface area contributed by atoms with E-state index in [4.69, 9.17) is 0 Å². The Labute approximate surface area is 134 Å². The molecule has 0 spiro atoms. The van der Waals surface area contributed by atoms with Crippen LogP contribution in [0.15, 0.2) is 24.3 Å². The van der Waals surface area contributed by atoms with E-state index in [1.165, 1.54) is 10.7 Å². The van der Waals surface area contributed by atoms with Crippen LogP contribution in [0.2, 0.25) is 0 Å². The predicted molar refractivity (Wildman–Crippen MR) is 84.0 cm³/mol. The van der Waals surface area contributed by atoms with Gasteiger partial charge in [-0.2, -0.15) is 0 Å². The van der Waals surface area contributed by atoms with Gasteiger partial charge in [0.2, 0.25) is 5.82 Å². The summed E-state index contributed by atoms with van der Waals surface area (Å²) in [4.78, 5) is 16.3. The van der Waals surface area contributed by atoms with Crippen molar-refractivity contribution in [1.29, 1.82) is 0 Å². The molecule has 0 aliphatic heterocycles. The molecule has 1 heterocycles. The highest BCUT2D eigenvalue weighted by Crippen LogP contribution is 2.19. The third-order valence-electron chi connectivity index (χ3n) is 3.28. The van der Waals surface area contributed by atoms with Crippen molar-refractivity contribution in [2.75, 3.05) is 6.54 Å². The topological polar surface area (TPSA) is 80.0 Å². The first-order valence-electron chi connectivity index (χ1n) is 7.58. The molecule has 1 aromatic carbocycles. The van der Waals surface area contributed by atoms with Crippen LogP contribution in [0.5, 0.6) is 0 Å². The van der Waals surface area contributed by atoms with Crippen molar-refractivity contribution >= 4 is 5.91 Å². The normalized spacial score (nSPS) is 12.4. The number of hydrogen-bond acceptors (Lipinski definition) is 4. The lowest BCUT2D eigenvalue weighted by atomic mass is 10.2. The first-order chi connectivity index (χ1) is 10.9. The Morgan fingerprint density at radius 1 is 1.35 bits per heavy atom. The summed E-state index contributed by atoms with van der Waals surface area (Å²) < 4.78 is 15.4. The fourth-order valence-electron chi connectivity index (χ4n) is 2.07. The average molecular weight is 320 g/mol. The summed E-state index contributed by atoms with van der Waals surface area (Å²) >= 11 is 0. The maximum atomic E-state index is 14.0. The second kappa shape index (κ2) is 7.32.